The molecule has 1 aromatic carbocycles. The van der Waals surface area contributed by atoms with Gasteiger partial charge < -0.3 is 14.7 Å². The monoisotopic (exact) mass is 315 g/mol. The van der Waals surface area contributed by atoms with Crippen LogP contribution in [-0.2, 0) is 0 Å². The summed E-state index contributed by atoms with van der Waals surface area (Å²) in [6, 6.07) is 9.48. The highest BCUT2D eigenvalue weighted by molar-refractivity contribution is 5.95. The second-order valence-corrected chi connectivity index (χ2v) is 5.53. The Hall–Kier alpha value is -2.34. The number of nitrogens with zero attached hydrogens (tertiary/aromatic N) is 3. The van der Waals surface area contributed by atoms with Crippen molar-refractivity contribution >= 4 is 5.91 Å². The van der Waals surface area contributed by atoms with Crippen LogP contribution >= 0.6 is 0 Å². The Bertz CT molecular complexity index is 669. The van der Waals surface area contributed by atoms with E-state index in [1.807, 2.05) is 37.3 Å². The van der Waals surface area contributed by atoms with Crippen molar-refractivity contribution in [2.24, 2.45) is 0 Å². The summed E-state index contributed by atoms with van der Waals surface area (Å²) in [6.07, 6.45) is 3.46. The fourth-order valence-electron chi connectivity index (χ4n) is 2.91. The summed E-state index contributed by atoms with van der Waals surface area (Å²) in [5, 5.41) is 13.9. The molecular formula is C17H21N3O3. The molecule has 23 heavy (non-hydrogen) atoms. The minimum absolute atomic E-state index is 0.0187. The molecule has 1 N–H and O–H groups in total. The maximum absolute atomic E-state index is 12.8. The van der Waals surface area contributed by atoms with Crippen LogP contribution in [0.5, 0.6) is 5.75 Å². The number of likely N-dealkylation sites (tertiary alicyclic amines) is 1. The third kappa shape index (κ3) is 3.07. The normalized spacial score (nSPS) is 17.5. The maximum atomic E-state index is 12.8. The maximum Gasteiger partial charge on any atom is 0.278 e. The Morgan fingerprint density at radius 3 is 2.87 bits per heavy atom. The number of amides is 1. The fourth-order valence-corrected chi connectivity index (χ4v) is 2.91. The van der Waals surface area contributed by atoms with Gasteiger partial charge in [-0.1, -0.05) is 18.2 Å². The van der Waals surface area contributed by atoms with E-state index in [9.17, 15) is 9.90 Å². The van der Waals surface area contributed by atoms with E-state index in [-0.39, 0.29) is 18.6 Å². The summed E-state index contributed by atoms with van der Waals surface area (Å²) in [6.45, 7) is 2.97. The molecule has 1 aliphatic rings. The number of para-hydroxylation sites is 1. The average molecular weight is 315 g/mol. The second kappa shape index (κ2) is 6.83. The first-order chi connectivity index (χ1) is 11.2. The quantitative estimate of drug-likeness (QED) is 0.914. The lowest BCUT2D eigenvalue weighted by atomic mass is 10.2. The molecule has 2 heterocycles. The number of rotatable bonds is 5. The van der Waals surface area contributed by atoms with Crippen molar-refractivity contribution in [3.8, 4) is 11.4 Å². The minimum Gasteiger partial charge on any atom is -0.490 e. The molecule has 122 valence electrons. The van der Waals surface area contributed by atoms with Gasteiger partial charge in [-0.2, -0.15) is 5.10 Å². The van der Waals surface area contributed by atoms with E-state index in [0.717, 1.165) is 18.5 Å². The molecule has 1 aromatic heterocycles. The standard InChI is InChI=1S/C17H21N3O3/c1-2-23-15-11-20(13-7-4-3-5-8-13)18-16(15)17(22)19-10-6-9-14(19)12-21/h3-5,7-8,11,14,21H,2,6,9-10,12H2,1H3/t14-/m1/s1. The van der Waals surface area contributed by atoms with Crippen molar-refractivity contribution in [2.45, 2.75) is 25.8 Å². The number of benzene rings is 1. The van der Waals surface area contributed by atoms with Gasteiger partial charge in [-0.15, -0.1) is 0 Å². The molecular weight excluding hydrogens is 294 g/mol. The lowest BCUT2D eigenvalue weighted by Crippen LogP contribution is -2.38. The molecule has 3 rings (SSSR count). The van der Waals surface area contributed by atoms with Crippen LogP contribution < -0.4 is 4.74 Å². The lowest BCUT2D eigenvalue weighted by Gasteiger charge is -2.22. The number of aliphatic hydroxyl groups excluding tert-OH is 1. The van der Waals surface area contributed by atoms with Crippen LogP contribution in [0, 0.1) is 0 Å². The first-order valence-electron chi connectivity index (χ1n) is 7.94. The molecule has 2 aromatic rings. The summed E-state index contributed by atoms with van der Waals surface area (Å²) in [5.74, 6) is 0.296. The number of hydrogen-bond donors (Lipinski definition) is 1. The van der Waals surface area contributed by atoms with Crippen molar-refractivity contribution in [3.05, 3.63) is 42.2 Å². The van der Waals surface area contributed by atoms with E-state index in [1.54, 1.807) is 15.8 Å². The van der Waals surface area contributed by atoms with Gasteiger partial charge in [0, 0.05) is 6.54 Å². The van der Waals surface area contributed by atoms with Crippen LogP contribution in [0.25, 0.3) is 5.69 Å². The molecule has 6 nitrogen and oxygen atoms in total. The van der Waals surface area contributed by atoms with E-state index in [2.05, 4.69) is 5.10 Å². The molecule has 6 heteroatoms. The molecule has 0 saturated carbocycles. The van der Waals surface area contributed by atoms with Gasteiger partial charge in [0.15, 0.2) is 11.4 Å². The van der Waals surface area contributed by atoms with Crippen molar-refractivity contribution in [2.75, 3.05) is 19.8 Å². The molecule has 0 spiro atoms. The Balaban J connectivity index is 1.94. The summed E-state index contributed by atoms with van der Waals surface area (Å²) in [7, 11) is 0. The molecule has 1 fully saturated rings. The Morgan fingerprint density at radius 1 is 1.39 bits per heavy atom. The number of hydrogen-bond acceptors (Lipinski definition) is 4. The van der Waals surface area contributed by atoms with Crippen molar-refractivity contribution in [1.29, 1.82) is 0 Å². The molecule has 0 bridgehead atoms. The van der Waals surface area contributed by atoms with Crippen molar-refractivity contribution < 1.29 is 14.6 Å². The SMILES string of the molecule is CCOc1cn(-c2ccccc2)nc1C(=O)N1CCC[C@@H]1CO. The van der Waals surface area contributed by atoms with Gasteiger partial charge in [-0.25, -0.2) is 4.68 Å². The Kier molecular flexibility index (Phi) is 4.62. The van der Waals surface area contributed by atoms with Crippen molar-refractivity contribution in [1.82, 2.24) is 14.7 Å². The fraction of sp³-hybridized carbons (Fsp3) is 0.412. The van der Waals surface area contributed by atoms with Gasteiger partial charge in [-0.3, -0.25) is 4.79 Å². The number of carbonyl (C=O) groups excluding carboxylic acids is 1. The molecule has 0 radical (unpaired) electrons. The van der Waals surface area contributed by atoms with Crippen LogP contribution in [0.4, 0.5) is 0 Å². The highest BCUT2D eigenvalue weighted by Gasteiger charge is 2.32. The smallest absolute Gasteiger partial charge is 0.278 e. The van der Waals surface area contributed by atoms with E-state index < -0.39 is 0 Å². The van der Waals surface area contributed by atoms with Gasteiger partial charge in [0.2, 0.25) is 0 Å². The van der Waals surface area contributed by atoms with Crippen LogP contribution in [0.2, 0.25) is 0 Å². The first kappa shape index (κ1) is 15.6. The van der Waals surface area contributed by atoms with Gasteiger partial charge in [-0.05, 0) is 31.9 Å². The number of carbonyl (C=O) groups is 1. The molecule has 0 unspecified atom stereocenters. The predicted octanol–water partition coefficient (Wildman–Crippen LogP) is 1.87. The summed E-state index contributed by atoms with van der Waals surface area (Å²) in [5.41, 5.74) is 1.17. The number of aromatic nitrogens is 2. The van der Waals surface area contributed by atoms with Gasteiger partial charge >= 0.3 is 0 Å². The molecule has 0 aliphatic carbocycles. The van der Waals surface area contributed by atoms with Crippen LogP contribution in [-0.4, -0.2) is 51.5 Å². The van der Waals surface area contributed by atoms with Gasteiger partial charge in [0.05, 0.1) is 31.1 Å². The topological polar surface area (TPSA) is 67.6 Å². The Morgan fingerprint density at radius 2 is 2.17 bits per heavy atom. The van der Waals surface area contributed by atoms with E-state index >= 15 is 0 Å². The van der Waals surface area contributed by atoms with Crippen LogP contribution in [0.1, 0.15) is 30.3 Å². The van der Waals surface area contributed by atoms with Gasteiger partial charge in [0.1, 0.15) is 0 Å². The molecule has 1 aliphatic heterocycles. The highest BCUT2D eigenvalue weighted by Crippen LogP contribution is 2.25. The first-order valence-corrected chi connectivity index (χ1v) is 7.94. The lowest BCUT2D eigenvalue weighted by molar-refractivity contribution is 0.0667. The third-order valence-corrected chi connectivity index (χ3v) is 4.05. The number of ether oxygens (including phenoxy) is 1. The van der Waals surface area contributed by atoms with E-state index in [0.29, 0.717) is 24.6 Å². The zero-order chi connectivity index (χ0) is 16.2. The largest absolute Gasteiger partial charge is 0.490 e. The summed E-state index contributed by atoms with van der Waals surface area (Å²) >= 11 is 0. The van der Waals surface area contributed by atoms with E-state index in [4.69, 9.17) is 4.74 Å². The zero-order valence-electron chi connectivity index (χ0n) is 13.2. The molecule has 1 atom stereocenters. The molecule has 1 amide bonds. The summed E-state index contributed by atoms with van der Waals surface area (Å²) < 4.78 is 7.25. The van der Waals surface area contributed by atoms with Crippen molar-refractivity contribution in [3.63, 3.8) is 0 Å². The minimum atomic E-state index is -0.181. The van der Waals surface area contributed by atoms with E-state index in [1.165, 1.54) is 0 Å². The molecule has 1 saturated heterocycles. The predicted molar refractivity (Wildman–Crippen MR) is 85.9 cm³/mol. The summed E-state index contributed by atoms with van der Waals surface area (Å²) in [4.78, 5) is 14.5. The third-order valence-electron chi connectivity index (χ3n) is 4.05. The van der Waals surface area contributed by atoms with Crippen LogP contribution in [0.3, 0.4) is 0 Å². The highest BCUT2D eigenvalue weighted by atomic mass is 16.5. The second-order valence-electron chi connectivity index (χ2n) is 5.53. The van der Waals surface area contributed by atoms with Crippen LogP contribution in [0.15, 0.2) is 36.5 Å². The number of aliphatic hydroxyl groups is 1. The van der Waals surface area contributed by atoms with Gasteiger partial charge in [0.25, 0.3) is 5.91 Å². The average Bonchev–Trinajstić information content (AvgIpc) is 3.22. The Labute approximate surface area is 135 Å². The zero-order valence-corrected chi connectivity index (χ0v) is 13.2.